The molecule has 0 aromatic heterocycles. The minimum atomic E-state index is -0.814. The molecule has 0 aromatic carbocycles. The molecule has 82 valence electrons. The van der Waals surface area contributed by atoms with Crippen LogP contribution in [-0.4, -0.2) is 35.9 Å². The summed E-state index contributed by atoms with van der Waals surface area (Å²) in [5.74, 6) is -0.794. The summed E-state index contributed by atoms with van der Waals surface area (Å²) in [7, 11) is 0. The van der Waals surface area contributed by atoms with E-state index in [1.165, 1.54) is 0 Å². The smallest absolute Gasteiger partial charge is 0.323 e. The summed E-state index contributed by atoms with van der Waals surface area (Å²) in [4.78, 5) is 11.0. The van der Waals surface area contributed by atoms with E-state index in [9.17, 15) is 4.79 Å². The van der Waals surface area contributed by atoms with Crippen molar-refractivity contribution in [3.63, 3.8) is 0 Å². The minimum absolute atomic E-state index is 0.195. The van der Waals surface area contributed by atoms with Crippen molar-refractivity contribution in [1.82, 2.24) is 5.32 Å². The number of hydrogen-bond donors (Lipinski definition) is 2. The quantitative estimate of drug-likeness (QED) is 0.697. The van der Waals surface area contributed by atoms with Gasteiger partial charge in [0.15, 0.2) is 0 Å². The largest absolute Gasteiger partial charge is 0.480 e. The second-order valence-corrected chi connectivity index (χ2v) is 4.01. The van der Waals surface area contributed by atoms with Crippen molar-refractivity contribution in [2.24, 2.45) is 0 Å². The summed E-state index contributed by atoms with van der Waals surface area (Å²) < 4.78 is 5.42. The molecule has 1 heterocycles. The van der Waals surface area contributed by atoms with Crippen LogP contribution in [-0.2, 0) is 9.53 Å². The monoisotopic (exact) mass is 201 g/mol. The highest BCUT2D eigenvalue weighted by atomic mass is 16.5. The third kappa shape index (κ3) is 2.69. The van der Waals surface area contributed by atoms with Gasteiger partial charge >= 0.3 is 5.97 Å². The Morgan fingerprint density at radius 3 is 2.86 bits per heavy atom. The Labute approximate surface area is 84.6 Å². The van der Waals surface area contributed by atoms with Crippen LogP contribution in [0.5, 0.6) is 0 Å². The number of carboxylic acid groups (broad SMARTS) is 1. The van der Waals surface area contributed by atoms with Gasteiger partial charge in [0.05, 0.1) is 6.10 Å². The second kappa shape index (κ2) is 4.75. The molecule has 4 nitrogen and oxygen atoms in total. The zero-order valence-electron chi connectivity index (χ0n) is 8.88. The molecule has 0 saturated carbocycles. The fraction of sp³-hybridized carbons (Fsp3) is 0.900. The fourth-order valence-corrected chi connectivity index (χ4v) is 1.50. The number of carboxylic acids is 1. The van der Waals surface area contributed by atoms with Gasteiger partial charge in [0.1, 0.15) is 5.54 Å². The zero-order valence-corrected chi connectivity index (χ0v) is 8.88. The van der Waals surface area contributed by atoms with Gasteiger partial charge in [-0.1, -0.05) is 6.92 Å². The van der Waals surface area contributed by atoms with Gasteiger partial charge in [-0.15, -0.1) is 0 Å². The van der Waals surface area contributed by atoms with Crippen LogP contribution in [0.4, 0.5) is 0 Å². The molecule has 1 aliphatic heterocycles. The van der Waals surface area contributed by atoms with Crippen molar-refractivity contribution in [1.29, 1.82) is 0 Å². The average Bonchev–Trinajstić information content (AvgIpc) is 2.66. The van der Waals surface area contributed by atoms with E-state index >= 15 is 0 Å². The lowest BCUT2D eigenvalue weighted by Gasteiger charge is -2.26. The van der Waals surface area contributed by atoms with E-state index in [1.807, 2.05) is 6.92 Å². The summed E-state index contributed by atoms with van der Waals surface area (Å²) >= 11 is 0. The average molecular weight is 201 g/mol. The molecule has 0 bridgehead atoms. The van der Waals surface area contributed by atoms with Gasteiger partial charge in [-0.05, 0) is 26.2 Å². The Balaban J connectivity index is 2.36. The van der Waals surface area contributed by atoms with Gasteiger partial charge in [-0.3, -0.25) is 10.1 Å². The van der Waals surface area contributed by atoms with E-state index in [1.54, 1.807) is 6.92 Å². The Hall–Kier alpha value is -0.610. The Bertz CT molecular complexity index is 202. The number of rotatable bonds is 5. The Kier molecular flexibility index (Phi) is 3.89. The molecule has 2 N–H and O–H groups in total. The van der Waals surface area contributed by atoms with E-state index < -0.39 is 11.5 Å². The van der Waals surface area contributed by atoms with Gasteiger partial charge in [0.2, 0.25) is 0 Å². The second-order valence-electron chi connectivity index (χ2n) is 4.01. The van der Waals surface area contributed by atoms with Crippen molar-refractivity contribution in [2.75, 3.05) is 13.2 Å². The third-order valence-electron chi connectivity index (χ3n) is 2.92. The van der Waals surface area contributed by atoms with E-state index in [4.69, 9.17) is 9.84 Å². The molecule has 4 heteroatoms. The van der Waals surface area contributed by atoms with E-state index in [0.717, 1.165) is 19.4 Å². The molecule has 0 unspecified atom stereocenters. The molecule has 1 fully saturated rings. The van der Waals surface area contributed by atoms with Crippen LogP contribution in [0.2, 0.25) is 0 Å². The lowest BCUT2D eigenvalue weighted by Crippen LogP contribution is -2.51. The number of ether oxygens (including phenoxy) is 1. The lowest BCUT2D eigenvalue weighted by molar-refractivity contribution is -0.144. The van der Waals surface area contributed by atoms with Crippen LogP contribution in [0.1, 0.15) is 33.1 Å². The standard InChI is InChI=1S/C10H19NO3/c1-3-10(2,9(12)13)11-7-8-5-4-6-14-8/h8,11H,3-7H2,1-2H3,(H,12,13)/t8-,10-/m1/s1. The highest BCUT2D eigenvalue weighted by Crippen LogP contribution is 2.14. The van der Waals surface area contributed by atoms with Crippen LogP contribution >= 0.6 is 0 Å². The number of hydrogen-bond acceptors (Lipinski definition) is 3. The predicted octanol–water partition coefficient (Wildman–Crippen LogP) is 1.01. The molecule has 2 atom stereocenters. The molecule has 1 rings (SSSR count). The van der Waals surface area contributed by atoms with Crippen LogP contribution in [0.25, 0.3) is 0 Å². The molecule has 1 saturated heterocycles. The Morgan fingerprint density at radius 1 is 1.71 bits per heavy atom. The molecule has 0 amide bonds. The first kappa shape index (κ1) is 11.5. The highest BCUT2D eigenvalue weighted by molar-refractivity contribution is 5.78. The summed E-state index contributed by atoms with van der Waals surface area (Å²) in [6, 6.07) is 0. The first-order valence-corrected chi connectivity index (χ1v) is 5.18. The summed E-state index contributed by atoms with van der Waals surface area (Å²) in [6.07, 6.45) is 2.89. The van der Waals surface area contributed by atoms with Gasteiger partial charge in [0.25, 0.3) is 0 Å². The maximum atomic E-state index is 11.0. The first-order chi connectivity index (χ1) is 6.58. The van der Waals surface area contributed by atoms with E-state index in [-0.39, 0.29) is 6.10 Å². The lowest BCUT2D eigenvalue weighted by atomic mass is 9.99. The molecular formula is C10H19NO3. The van der Waals surface area contributed by atoms with Crippen molar-refractivity contribution < 1.29 is 14.6 Å². The third-order valence-corrected chi connectivity index (χ3v) is 2.92. The van der Waals surface area contributed by atoms with Gasteiger partial charge in [0, 0.05) is 13.2 Å². The molecular weight excluding hydrogens is 182 g/mol. The normalized spacial score (nSPS) is 26.0. The van der Waals surface area contributed by atoms with E-state index in [0.29, 0.717) is 13.0 Å². The SMILES string of the molecule is CC[C@@](C)(NC[C@H]1CCCO1)C(=O)O. The number of nitrogens with one attached hydrogen (secondary N) is 1. The van der Waals surface area contributed by atoms with Gasteiger partial charge in [-0.2, -0.15) is 0 Å². The van der Waals surface area contributed by atoms with Gasteiger partial charge in [-0.25, -0.2) is 0 Å². The molecule has 1 aliphatic rings. The number of carbonyl (C=O) groups is 1. The van der Waals surface area contributed by atoms with Crippen molar-refractivity contribution >= 4 is 5.97 Å². The predicted molar refractivity (Wildman–Crippen MR) is 53.3 cm³/mol. The molecule has 0 spiro atoms. The topological polar surface area (TPSA) is 58.6 Å². The maximum absolute atomic E-state index is 11.0. The van der Waals surface area contributed by atoms with Crippen molar-refractivity contribution in [3.05, 3.63) is 0 Å². The highest BCUT2D eigenvalue weighted by Gasteiger charge is 2.31. The summed E-state index contributed by atoms with van der Waals surface area (Å²) in [6.45, 7) is 5.03. The van der Waals surface area contributed by atoms with Crippen molar-refractivity contribution in [3.8, 4) is 0 Å². The van der Waals surface area contributed by atoms with Crippen LogP contribution < -0.4 is 5.32 Å². The summed E-state index contributed by atoms with van der Waals surface area (Å²) in [5.41, 5.74) is -0.814. The van der Waals surface area contributed by atoms with Crippen LogP contribution in [0, 0.1) is 0 Å². The Morgan fingerprint density at radius 2 is 2.43 bits per heavy atom. The van der Waals surface area contributed by atoms with E-state index in [2.05, 4.69) is 5.32 Å². The van der Waals surface area contributed by atoms with Gasteiger partial charge < -0.3 is 9.84 Å². The zero-order chi connectivity index (χ0) is 10.6. The molecule has 14 heavy (non-hydrogen) atoms. The molecule has 0 radical (unpaired) electrons. The van der Waals surface area contributed by atoms with Crippen molar-refractivity contribution in [2.45, 2.75) is 44.8 Å². The van der Waals surface area contributed by atoms with Crippen LogP contribution in [0.3, 0.4) is 0 Å². The number of aliphatic carboxylic acids is 1. The van der Waals surface area contributed by atoms with Crippen LogP contribution in [0.15, 0.2) is 0 Å². The fourth-order valence-electron chi connectivity index (χ4n) is 1.50. The first-order valence-electron chi connectivity index (χ1n) is 5.18. The summed E-state index contributed by atoms with van der Waals surface area (Å²) in [5, 5.41) is 12.1. The molecule has 0 aromatic rings. The molecule has 0 aliphatic carbocycles. The minimum Gasteiger partial charge on any atom is -0.480 e. The maximum Gasteiger partial charge on any atom is 0.323 e.